The third-order valence-electron chi connectivity index (χ3n) is 3.60. The van der Waals surface area contributed by atoms with Crippen LogP contribution >= 0.6 is 0 Å². The maximum atomic E-state index is 10.2. The molecule has 4 N–H and O–H groups in total. The van der Waals surface area contributed by atoms with E-state index in [2.05, 4.69) is 6.92 Å². The summed E-state index contributed by atoms with van der Waals surface area (Å²) in [6.45, 7) is 2.09. The highest BCUT2D eigenvalue weighted by Crippen LogP contribution is 2.10. The van der Waals surface area contributed by atoms with Crippen LogP contribution in [0.1, 0.15) is 96.8 Å². The minimum absolute atomic E-state index is 0.276. The largest absolute Gasteiger partial charge is 0.481 e. The van der Waals surface area contributed by atoms with Gasteiger partial charge in [-0.2, -0.15) is 0 Å². The number of aliphatic hydroxyl groups is 2. The van der Waals surface area contributed by atoms with Gasteiger partial charge >= 0.3 is 11.9 Å². The first-order chi connectivity index (χ1) is 11.4. The highest BCUT2D eigenvalue weighted by molar-refractivity contribution is 5.66. The van der Waals surface area contributed by atoms with Gasteiger partial charge in [-0.25, -0.2) is 0 Å². The summed E-state index contributed by atoms with van der Waals surface area (Å²) in [5, 5.41) is 33.5. The lowest BCUT2D eigenvalue weighted by Crippen LogP contribution is -2.02. The van der Waals surface area contributed by atoms with Crippen LogP contribution in [0.5, 0.6) is 0 Å². The van der Waals surface area contributed by atoms with Crippen molar-refractivity contribution in [1.29, 1.82) is 0 Å². The van der Waals surface area contributed by atoms with E-state index in [4.69, 9.17) is 20.4 Å². The van der Waals surface area contributed by atoms with Crippen molar-refractivity contribution in [3.05, 3.63) is 0 Å². The molecule has 0 radical (unpaired) electrons. The van der Waals surface area contributed by atoms with E-state index in [0.29, 0.717) is 6.42 Å². The summed E-state index contributed by atoms with van der Waals surface area (Å²) in [6, 6.07) is 0. The third kappa shape index (κ3) is 28.9. The average Bonchev–Trinajstić information content (AvgIpc) is 2.49. The van der Waals surface area contributed by atoms with E-state index in [-0.39, 0.29) is 12.8 Å². The molecule has 0 aromatic heterocycles. The van der Waals surface area contributed by atoms with Crippen LogP contribution in [0.15, 0.2) is 0 Å². The summed E-state index contributed by atoms with van der Waals surface area (Å²) in [7, 11) is 0. The first-order valence-electron chi connectivity index (χ1n) is 9.19. The predicted molar refractivity (Wildman–Crippen MR) is 93.8 cm³/mol. The third-order valence-corrected chi connectivity index (χ3v) is 3.60. The predicted octanol–water partition coefficient (Wildman–Crippen LogP) is 3.93. The van der Waals surface area contributed by atoms with Crippen LogP contribution in [0.2, 0.25) is 0 Å². The average molecular weight is 348 g/mol. The Morgan fingerprint density at radius 1 is 0.667 bits per heavy atom. The monoisotopic (exact) mass is 348 g/mol. The van der Waals surface area contributed by atoms with Crippen molar-refractivity contribution in [2.75, 3.05) is 0 Å². The first-order valence-corrected chi connectivity index (χ1v) is 9.19. The lowest BCUT2D eigenvalue weighted by molar-refractivity contribution is -0.138. The SMILES string of the molecule is CCCCCC(O)O.O=C(O)CCCCCCCCCCC(=O)O. The number of hydrogen-bond acceptors (Lipinski definition) is 4. The van der Waals surface area contributed by atoms with Gasteiger partial charge in [0.1, 0.15) is 0 Å². The van der Waals surface area contributed by atoms with Crippen molar-refractivity contribution < 1.29 is 30.0 Å². The van der Waals surface area contributed by atoms with Gasteiger partial charge in [0, 0.05) is 12.8 Å². The Bertz CT molecular complexity index is 269. The molecular weight excluding hydrogens is 312 g/mol. The quantitative estimate of drug-likeness (QED) is 0.263. The summed E-state index contributed by atoms with van der Waals surface area (Å²) in [6.07, 6.45) is 11.1. The van der Waals surface area contributed by atoms with Crippen LogP contribution in [0.3, 0.4) is 0 Å². The number of aliphatic carboxylic acids is 2. The summed E-state index contributed by atoms with van der Waals surface area (Å²) < 4.78 is 0. The molecule has 0 atom stereocenters. The van der Waals surface area contributed by atoms with Crippen LogP contribution < -0.4 is 0 Å². The zero-order valence-electron chi connectivity index (χ0n) is 15.1. The minimum atomic E-state index is -1.10. The van der Waals surface area contributed by atoms with Crippen molar-refractivity contribution in [3.8, 4) is 0 Å². The van der Waals surface area contributed by atoms with E-state index < -0.39 is 18.2 Å². The van der Waals surface area contributed by atoms with Crippen molar-refractivity contribution in [3.63, 3.8) is 0 Å². The first kappa shape index (κ1) is 25.1. The molecule has 24 heavy (non-hydrogen) atoms. The van der Waals surface area contributed by atoms with Crippen molar-refractivity contribution in [2.24, 2.45) is 0 Å². The smallest absolute Gasteiger partial charge is 0.303 e. The molecule has 0 amide bonds. The van der Waals surface area contributed by atoms with Crippen LogP contribution in [0.4, 0.5) is 0 Å². The number of rotatable bonds is 15. The fourth-order valence-corrected chi connectivity index (χ4v) is 2.19. The number of carbonyl (C=O) groups is 2. The normalized spacial score (nSPS) is 10.3. The van der Waals surface area contributed by atoms with Crippen LogP contribution in [-0.2, 0) is 9.59 Å². The van der Waals surface area contributed by atoms with Gasteiger partial charge in [0.25, 0.3) is 0 Å². The van der Waals surface area contributed by atoms with E-state index in [0.717, 1.165) is 70.6 Å². The summed E-state index contributed by atoms with van der Waals surface area (Å²) in [5.74, 6) is -1.43. The molecule has 0 spiro atoms. The molecule has 0 aliphatic heterocycles. The molecule has 0 heterocycles. The fraction of sp³-hybridized carbons (Fsp3) is 0.889. The van der Waals surface area contributed by atoms with Gasteiger partial charge in [-0.15, -0.1) is 0 Å². The maximum Gasteiger partial charge on any atom is 0.303 e. The second-order valence-corrected chi connectivity index (χ2v) is 6.09. The Kier molecular flexibility index (Phi) is 20.8. The Morgan fingerprint density at radius 2 is 1.04 bits per heavy atom. The molecule has 144 valence electrons. The molecule has 0 rings (SSSR count). The second-order valence-electron chi connectivity index (χ2n) is 6.09. The number of carboxylic acid groups (broad SMARTS) is 2. The Balaban J connectivity index is 0. The highest BCUT2D eigenvalue weighted by Gasteiger charge is 1.98. The van der Waals surface area contributed by atoms with E-state index in [9.17, 15) is 9.59 Å². The van der Waals surface area contributed by atoms with Crippen LogP contribution in [0.25, 0.3) is 0 Å². The lowest BCUT2D eigenvalue weighted by Gasteiger charge is -2.00. The van der Waals surface area contributed by atoms with Gasteiger partial charge in [0.2, 0.25) is 0 Å². The van der Waals surface area contributed by atoms with E-state index in [1.165, 1.54) is 0 Å². The van der Waals surface area contributed by atoms with Gasteiger partial charge in [0.05, 0.1) is 0 Å². The lowest BCUT2D eigenvalue weighted by atomic mass is 10.1. The van der Waals surface area contributed by atoms with Gasteiger partial charge in [0.15, 0.2) is 6.29 Å². The minimum Gasteiger partial charge on any atom is -0.481 e. The van der Waals surface area contributed by atoms with Gasteiger partial charge < -0.3 is 20.4 Å². The molecule has 0 bridgehead atoms. The van der Waals surface area contributed by atoms with Crippen molar-refractivity contribution in [2.45, 2.75) is 103 Å². The Hall–Kier alpha value is -1.14. The molecule has 0 fully saturated rings. The molecule has 0 aromatic carbocycles. The molecule has 0 saturated carbocycles. The van der Waals surface area contributed by atoms with E-state index >= 15 is 0 Å². The van der Waals surface area contributed by atoms with Gasteiger partial charge in [-0.3, -0.25) is 9.59 Å². The molecular formula is C18H36O6. The summed E-state index contributed by atoms with van der Waals surface area (Å²) in [4.78, 5) is 20.4. The maximum absolute atomic E-state index is 10.2. The van der Waals surface area contributed by atoms with Crippen LogP contribution in [0, 0.1) is 0 Å². The van der Waals surface area contributed by atoms with Crippen molar-refractivity contribution in [1.82, 2.24) is 0 Å². The number of carboxylic acids is 2. The van der Waals surface area contributed by atoms with E-state index in [1.54, 1.807) is 0 Å². The second kappa shape index (κ2) is 19.9. The molecule has 0 aliphatic rings. The Morgan fingerprint density at radius 3 is 1.33 bits per heavy atom. The zero-order chi connectivity index (χ0) is 18.6. The zero-order valence-corrected chi connectivity index (χ0v) is 15.1. The number of aliphatic hydroxyl groups excluding tert-OH is 1. The number of unbranched alkanes of at least 4 members (excludes halogenated alkanes) is 9. The van der Waals surface area contributed by atoms with Crippen LogP contribution in [-0.4, -0.2) is 38.7 Å². The molecule has 0 aromatic rings. The molecule has 0 saturated heterocycles. The Labute approximate surface area is 145 Å². The molecule has 0 unspecified atom stereocenters. The molecule has 6 heteroatoms. The van der Waals surface area contributed by atoms with Crippen molar-refractivity contribution >= 4 is 11.9 Å². The fourth-order valence-electron chi connectivity index (χ4n) is 2.19. The van der Waals surface area contributed by atoms with Gasteiger partial charge in [-0.05, 0) is 25.7 Å². The van der Waals surface area contributed by atoms with E-state index in [1.807, 2.05) is 0 Å². The number of hydrogen-bond donors (Lipinski definition) is 4. The topological polar surface area (TPSA) is 115 Å². The highest BCUT2D eigenvalue weighted by atomic mass is 16.5. The standard InChI is InChI=1S/C12H22O4.C6H14O2/c13-11(14)9-7-5-3-1-2-4-6-8-10-12(15)16;1-2-3-4-5-6(7)8/h1-10H2,(H,13,14)(H,15,16);6-8H,2-5H2,1H3. The summed E-state index contributed by atoms with van der Waals surface area (Å²) >= 11 is 0. The van der Waals surface area contributed by atoms with Gasteiger partial charge in [-0.1, -0.05) is 58.3 Å². The molecule has 0 aliphatic carbocycles. The summed E-state index contributed by atoms with van der Waals surface area (Å²) in [5.41, 5.74) is 0. The molecule has 6 nitrogen and oxygen atoms in total.